The lowest BCUT2D eigenvalue weighted by Crippen LogP contribution is -2.63. The second-order valence-corrected chi connectivity index (χ2v) is 9.13. The summed E-state index contributed by atoms with van der Waals surface area (Å²) in [6.45, 7) is 9.56. The van der Waals surface area contributed by atoms with Crippen LogP contribution in [0.5, 0.6) is 0 Å². The van der Waals surface area contributed by atoms with Gasteiger partial charge in [-0.3, -0.25) is 0 Å². The molecule has 0 fully saturated rings. The van der Waals surface area contributed by atoms with E-state index in [4.69, 9.17) is 9.97 Å². The summed E-state index contributed by atoms with van der Waals surface area (Å²) in [7, 11) is 0. The maximum absolute atomic E-state index is 4.86. The molecule has 31 heavy (non-hydrogen) atoms. The summed E-state index contributed by atoms with van der Waals surface area (Å²) in [6.07, 6.45) is 8.30. The van der Waals surface area contributed by atoms with Gasteiger partial charge in [-0.1, -0.05) is 70.5 Å². The summed E-state index contributed by atoms with van der Waals surface area (Å²) in [5.41, 5.74) is 4.02. The Bertz CT molecular complexity index is 1080. The van der Waals surface area contributed by atoms with E-state index in [1.165, 1.54) is 29.8 Å². The van der Waals surface area contributed by atoms with Gasteiger partial charge in [0.05, 0.1) is 0 Å². The Morgan fingerprint density at radius 1 is 0.806 bits per heavy atom. The van der Waals surface area contributed by atoms with Crippen LogP contribution in [0.15, 0.2) is 67.0 Å². The van der Waals surface area contributed by atoms with E-state index in [-0.39, 0.29) is 17.0 Å². The van der Waals surface area contributed by atoms with Crippen molar-refractivity contribution in [2.75, 3.05) is 9.80 Å². The first-order valence-electron chi connectivity index (χ1n) is 11.7. The molecule has 3 unspecified atom stereocenters. The second kappa shape index (κ2) is 7.37. The molecule has 0 radical (unpaired) electrons. The van der Waals surface area contributed by atoms with Crippen molar-refractivity contribution in [2.24, 2.45) is 5.41 Å². The van der Waals surface area contributed by atoms with E-state index >= 15 is 0 Å². The van der Waals surface area contributed by atoms with Crippen LogP contribution in [-0.2, 0) is 5.41 Å². The zero-order valence-corrected chi connectivity index (χ0v) is 19.0. The van der Waals surface area contributed by atoms with Gasteiger partial charge in [-0.05, 0) is 43.0 Å². The number of anilines is 4. The Kier molecular flexibility index (Phi) is 4.76. The Hall–Kier alpha value is -2.88. The molecular formula is C27H32N4. The van der Waals surface area contributed by atoms with Crippen molar-refractivity contribution >= 4 is 23.0 Å². The molecule has 0 aliphatic carbocycles. The number of hydrogen-bond donors (Lipinski definition) is 0. The minimum absolute atomic E-state index is 0.00430. The van der Waals surface area contributed by atoms with Crippen molar-refractivity contribution in [3.05, 3.63) is 72.6 Å². The lowest BCUT2D eigenvalue weighted by Gasteiger charge is -2.60. The van der Waals surface area contributed by atoms with Gasteiger partial charge in [-0.15, -0.1) is 0 Å². The van der Waals surface area contributed by atoms with Crippen molar-refractivity contribution < 1.29 is 0 Å². The van der Waals surface area contributed by atoms with E-state index in [2.05, 4.69) is 92.1 Å². The Balaban J connectivity index is 1.86. The van der Waals surface area contributed by atoms with Gasteiger partial charge in [-0.25, -0.2) is 9.97 Å². The van der Waals surface area contributed by atoms with E-state index in [1.807, 2.05) is 12.4 Å². The van der Waals surface area contributed by atoms with Gasteiger partial charge in [-0.2, -0.15) is 0 Å². The van der Waals surface area contributed by atoms with Crippen molar-refractivity contribution in [1.29, 1.82) is 0 Å². The van der Waals surface area contributed by atoms with Crippen LogP contribution in [0.4, 0.5) is 23.0 Å². The van der Waals surface area contributed by atoms with Crippen LogP contribution in [0.1, 0.15) is 58.9 Å². The maximum atomic E-state index is 4.86. The average Bonchev–Trinajstić information content (AvgIpc) is 3.18. The molecule has 0 bridgehead atoms. The molecule has 2 aromatic carbocycles. The summed E-state index contributed by atoms with van der Waals surface area (Å²) in [5, 5.41) is 0. The zero-order valence-electron chi connectivity index (χ0n) is 19.0. The van der Waals surface area contributed by atoms with Gasteiger partial charge in [0.25, 0.3) is 0 Å². The summed E-state index contributed by atoms with van der Waals surface area (Å²) in [5.74, 6) is 1.92. The number of para-hydroxylation sites is 2. The average molecular weight is 413 g/mol. The first kappa shape index (κ1) is 20.0. The predicted octanol–water partition coefficient (Wildman–Crippen LogP) is 6.97. The van der Waals surface area contributed by atoms with Gasteiger partial charge >= 0.3 is 0 Å². The number of hydrogen-bond acceptors (Lipinski definition) is 4. The van der Waals surface area contributed by atoms with Crippen molar-refractivity contribution in [3.8, 4) is 0 Å². The molecule has 0 spiro atoms. The van der Waals surface area contributed by atoms with Gasteiger partial charge in [0.2, 0.25) is 0 Å². The molecule has 0 saturated carbocycles. The molecule has 3 heterocycles. The molecule has 5 rings (SSSR count). The van der Waals surface area contributed by atoms with Crippen molar-refractivity contribution in [2.45, 2.75) is 65.0 Å². The van der Waals surface area contributed by atoms with E-state index in [9.17, 15) is 0 Å². The highest BCUT2D eigenvalue weighted by atomic mass is 15.5. The Morgan fingerprint density at radius 2 is 1.45 bits per heavy atom. The molecule has 4 heteroatoms. The molecule has 4 nitrogen and oxygen atoms in total. The minimum atomic E-state index is 0.00430. The van der Waals surface area contributed by atoms with Crippen molar-refractivity contribution in [3.63, 3.8) is 0 Å². The van der Waals surface area contributed by atoms with Crippen LogP contribution in [0.25, 0.3) is 0 Å². The normalized spacial score (nSPS) is 26.4. The highest BCUT2D eigenvalue weighted by Crippen LogP contribution is 2.64. The topological polar surface area (TPSA) is 32.3 Å². The maximum Gasteiger partial charge on any atom is 0.178 e. The molecule has 0 saturated heterocycles. The lowest BCUT2D eigenvalue weighted by atomic mass is 9.52. The third-order valence-electron chi connectivity index (χ3n) is 8.00. The summed E-state index contributed by atoms with van der Waals surface area (Å²) in [6, 6.07) is 19.7. The van der Waals surface area contributed by atoms with Crippen LogP contribution in [0.3, 0.4) is 0 Å². The molecule has 3 atom stereocenters. The fourth-order valence-electron chi connectivity index (χ4n) is 6.46. The molecule has 2 aliphatic heterocycles. The van der Waals surface area contributed by atoms with Gasteiger partial charge in [0, 0.05) is 34.6 Å². The van der Waals surface area contributed by atoms with E-state index in [0.717, 1.165) is 24.5 Å². The van der Waals surface area contributed by atoms with Crippen molar-refractivity contribution in [1.82, 2.24) is 9.97 Å². The van der Waals surface area contributed by atoms with Gasteiger partial charge in [0.1, 0.15) is 6.17 Å². The Labute approximate surface area is 186 Å². The molecule has 1 aromatic heterocycles. The van der Waals surface area contributed by atoms with Crippen LogP contribution in [-0.4, -0.2) is 16.1 Å². The third-order valence-corrected chi connectivity index (χ3v) is 8.00. The summed E-state index contributed by atoms with van der Waals surface area (Å²) >= 11 is 0. The van der Waals surface area contributed by atoms with E-state index in [0.29, 0.717) is 0 Å². The zero-order chi connectivity index (χ0) is 21.6. The fraction of sp³-hybridized carbons (Fsp3) is 0.407. The predicted molar refractivity (Wildman–Crippen MR) is 128 cm³/mol. The van der Waals surface area contributed by atoms with Crippen LogP contribution >= 0.6 is 0 Å². The lowest BCUT2D eigenvalue weighted by molar-refractivity contribution is 0.0722. The summed E-state index contributed by atoms with van der Waals surface area (Å²) in [4.78, 5) is 14.6. The molecular weight excluding hydrogens is 380 g/mol. The number of benzene rings is 2. The van der Waals surface area contributed by atoms with E-state index in [1.54, 1.807) is 0 Å². The molecule has 2 aliphatic rings. The fourth-order valence-corrected chi connectivity index (χ4v) is 6.46. The summed E-state index contributed by atoms with van der Waals surface area (Å²) < 4.78 is 0. The van der Waals surface area contributed by atoms with Gasteiger partial charge < -0.3 is 9.80 Å². The largest absolute Gasteiger partial charge is 0.301 e. The number of nitrogens with zero attached hydrogens (tertiary/aromatic N) is 4. The first-order chi connectivity index (χ1) is 15.1. The number of rotatable bonds is 5. The molecule has 0 N–H and O–H groups in total. The minimum Gasteiger partial charge on any atom is -0.301 e. The van der Waals surface area contributed by atoms with E-state index < -0.39 is 0 Å². The van der Waals surface area contributed by atoms with Gasteiger partial charge in [0.15, 0.2) is 11.6 Å². The number of aromatic nitrogens is 2. The number of fused-ring (bicyclic) bond motifs is 5. The Morgan fingerprint density at radius 3 is 2.10 bits per heavy atom. The SMILES string of the molecule is CCCC1(CC)c2ccccc2N2c3nccnc3N(c3ccccc3)C2C1(C)CC. The quantitative estimate of drug-likeness (QED) is 0.453. The molecule has 160 valence electrons. The van der Waals surface area contributed by atoms with Crippen LogP contribution in [0, 0.1) is 5.41 Å². The molecule has 3 aromatic rings. The first-order valence-corrected chi connectivity index (χ1v) is 11.7. The second-order valence-electron chi connectivity index (χ2n) is 9.13. The highest BCUT2D eigenvalue weighted by Gasteiger charge is 2.62. The van der Waals surface area contributed by atoms with Crippen LogP contribution < -0.4 is 9.80 Å². The standard InChI is InChI=1S/C27H32N4/c1-5-17-27(7-3)21-15-11-12-16-22(21)31-24-23(28-18-19-29-24)30(20-13-9-8-10-14-20)25(31)26(27,4)6-2/h8-16,18-19,25H,5-7,17H2,1-4H3. The van der Waals surface area contributed by atoms with Crippen LogP contribution in [0.2, 0.25) is 0 Å². The molecule has 0 amide bonds. The smallest absolute Gasteiger partial charge is 0.178 e. The monoisotopic (exact) mass is 412 g/mol. The third kappa shape index (κ3) is 2.54. The highest BCUT2D eigenvalue weighted by molar-refractivity contribution is 5.86.